The van der Waals surface area contributed by atoms with Crippen LogP contribution in [0.1, 0.15) is 32.1 Å². The third-order valence-corrected chi connectivity index (χ3v) is 7.84. The van der Waals surface area contributed by atoms with Crippen molar-refractivity contribution in [2.75, 3.05) is 55.8 Å². The monoisotopic (exact) mass is 560 g/mol. The van der Waals surface area contributed by atoms with Crippen LogP contribution in [0, 0.1) is 0 Å². The number of likely N-dealkylation sites (N-methyl/N-ethyl adjacent to an activating group) is 1. The van der Waals surface area contributed by atoms with E-state index in [1.54, 1.807) is 19.1 Å². The van der Waals surface area contributed by atoms with E-state index in [9.17, 15) is 4.79 Å². The number of methoxy groups -OCH3 is 2. The molecule has 0 bridgehead atoms. The molecular weight excluding hydrogens is 524 g/mol. The van der Waals surface area contributed by atoms with Crippen molar-refractivity contribution in [2.45, 2.75) is 37.0 Å². The number of benzene rings is 2. The molecule has 0 unspecified atom stereocenters. The van der Waals surface area contributed by atoms with E-state index in [0.29, 0.717) is 29.7 Å². The van der Waals surface area contributed by atoms with Crippen LogP contribution in [-0.4, -0.2) is 61.7 Å². The normalized spacial score (nSPS) is 14.8. The number of rotatable bonds is 10. The summed E-state index contributed by atoms with van der Waals surface area (Å²) in [5.41, 5.74) is 1.63. The van der Waals surface area contributed by atoms with Gasteiger partial charge in [0.05, 0.1) is 31.5 Å². The van der Waals surface area contributed by atoms with Crippen LogP contribution in [0.5, 0.6) is 11.5 Å². The van der Waals surface area contributed by atoms with Gasteiger partial charge in [-0.1, -0.05) is 24.6 Å². The standard InChI is InChI=1S/C30H36N6O3S/c1-35(28(37)20-36-14-7-4-8-15-36)22-10-9-11-25(18-22)40-34-30-29(32-26-12-5-6-13-27(26)33-30)31-21-16-23(38-2)19-24(17-21)39-3/h9-13,16-19H,4-8,14-15,20H2,1-3H3,(H,31,32)(H,33,34). The Morgan fingerprint density at radius 2 is 1.62 bits per heavy atom. The smallest absolute Gasteiger partial charge is 0.240 e. The number of piperidine rings is 1. The van der Waals surface area contributed by atoms with E-state index in [1.807, 2.05) is 49.5 Å². The van der Waals surface area contributed by atoms with Crippen molar-refractivity contribution < 1.29 is 14.3 Å². The molecule has 40 heavy (non-hydrogen) atoms. The van der Waals surface area contributed by atoms with Gasteiger partial charge < -0.3 is 24.4 Å². The summed E-state index contributed by atoms with van der Waals surface area (Å²) in [6.07, 6.45) is 9.68. The molecule has 0 spiro atoms. The predicted molar refractivity (Wildman–Crippen MR) is 162 cm³/mol. The maximum absolute atomic E-state index is 13.0. The molecule has 1 saturated heterocycles. The maximum Gasteiger partial charge on any atom is 0.240 e. The summed E-state index contributed by atoms with van der Waals surface area (Å²) in [7, 11) is 5.09. The molecule has 0 atom stereocenters. The summed E-state index contributed by atoms with van der Waals surface area (Å²) >= 11 is 1.43. The molecule has 0 radical (unpaired) electrons. The van der Waals surface area contributed by atoms with Crippen LogP contribution in [0.25, 0.3) is 12.2 Å². The highest BCUT2D eigenvalue weighted by atomic mass is 32.2. The van der Waals surface area contributed by atoms with Crippen molar-refractivity contribution in [3.8, 4) is 11.5 Å². The third kappa shape index (κ3) is 6.86. The molecule has 2 aromatic carbocycles. The number of carbonyl (C=O) groups is 1. The minimum Gasteiger partial charge on any atom is -0.497 e. The van der Waals surface area contributed by atoms with E-state index in [-0.39, 0.29) is 5.91 Å². The first-order valence-electron chi connectivity index (χ1n) is 13.6. The average Bonchev–Trinajstić information content (AvgIpc) is 3.00. The zero-order valence-electron chi connectivity index (χ0n) is 23.3. The number of likely N-dealkylation sites (tertiary alicyclic amines) is 1. The quantitative estimate of drug-likeness (QED) is 0.355. The molecule has 9 nitrogen and oxygen atoms in total. The van der Waals surface area contributed by atoms with Crippen molar-refractivity contribution in [2.24, 2.45) is 0 Å². The number of nitrogens with zero attached hydrogens (tertiary/aromatic N) is 4. The van der Waals surface area contributed by atoms with Gasteiger partial charge in [0.1, 0.15) is 11.5 Å². The SMILES string of the molecule is COc1cc(Nc2nc3c(nc2NSc2cccc(N(C)C(=O)CN4CCCCC4)c2)=CCCC=3)cc(OC)c1. The minimum atomic E-state index is 0.101. The summed E-state index contributed by atoms with van der Waals surface area (Å²) in [6, 6.07) is 13.5. The highest BCUT2D eigenvalue weighted by molar-refractivity contribution is 8.00. The van der Waals surface area contributed by atoms with E-state index in [2.05, 4.69) is 27.1 Å². The molecule has 2 aliphatic rings. The fourth-order valence-electron chi connectivity index (χ4n) is 4.80. The predicted octanol–water partition coefficient (Wildman–Crippen LogP) is 4.16. The Kier molecular flexibility index (Phi) is 9.08. The van der Waals surface area contributed by atoms with E-state index >= 15 is 0 Å². The van der Waals surface area contributed by atoms with Crippen molar-refractivity contribution in [1.82, 2.24) is 14.9 Å². The van der Waals surface area contributed by atoms with E-state index in [1.165, 1.54) is 31.2 Å². The van der Waals surface area contributed by atoms with Gasteiger partial charge in [-0.2, -0.15) is 0 Å². The van der Waals surface area contributed by atoms with Gasteiger partial charge in [0, 0.05) is 41.5 Å². The molecule has 5 rings (SSSR count). The van der Waals surface area contributed by atoms with Crippen LogP contribution in [-0.2, 0) is 4.79 Å². The van der Waals surface area contributed by atoms with Crippen LogP contribution < -0.4 is 35.1 Å². The summed E-state index contributed by atoms with van der Waals surface area (Å²) in [5.74, 6) is 2.65. The molecule has 1 aliphatic carbocycles. The molecule has 0 saturated carbocycles. The zero-order valence-corrected chi connectivity index (χ0v) is 24.1. The number of ether oxygens (including phenoxy) is 2. The minimum absolute atomic E-state index is 0.101. The first-order chi connectivity index (χ1) is 19.5. The molecule has 210 valence electrons. The molecular formula is C30H36N6O3S. The van der Waals surface area contributed by atoms with Gasteiger partial charge in [0.15, 0.2) is 11.6 Å². The number of aromatic nitrogens is 2. The molecule has 1 amide bonds. The highest BCUT2D eigenvalue weighted by Gasteiger charge is 2.18. The summed E-state index contributed by atoms with van der Waals surface area (Å²) in [6.45, 7) is 2.44. The summed E-state index contributed by atoms with van der Waals surface area (Å²) in [5, 5.41) is 5.11. The lowest BCUT2D eigenvalue weighted by Gasteiger charge is -2.28. The molecule has 3 aromatic rings. The van der Waals surface area contributed by atoms with E-state index < -0.39 is 0 Å². The number of nitrogens with one attached hydrogen (secondary N) is 2. The van der Waals surface area contributed by atoms with Crippen molar-refractivity contribution in [3.05, 3.63) is 53.2 Å². The van der Waals surface area contributed by atoms with Gasteiger partial charge in [-0.25, -0.2) is 9.97 Å². The Morgan fingerprint density at radius 1 is 0.950 bits per heavy atom. The van der Waals surface area contributed by atoms with Crippen molar-refractivity contribution in [1.29, 1.82) is 0 Å². The van der Waals surface area contributed by atoms with Crippen LogP contribution in [0.15, 0.2) is 47.4 Å². The Morgan fingerprint density at radius 3 is 2.30 bits per heavy atom. The molecule has 1 aromatic heterocycles. The lowest BCUT2D eigenvalue weighted by molar-refractivity contribution is -0.119. The van der Waals surface area contributed by atoms with Crippen LogP contribution in [0.4, 0.5) is 23.0 Å². The van der Waals surface area contributed by atoms with Gasteiger partial charge in [-0.3, -0.25) is 9.69 Å². The first-order valence-corrected chi connectivity index (χ1v) is 14.4. The van der Waals surface area contributed by atoms with Crippen LogP contribution >= 0.6 is 11.9 Å². The average molecular weight is 561 g/mol. The molecule has 1 fully saturated rings. The number of hydrogen-bond donors (Lipinski definition) is 2. The van der Waals surface area contributed by atoms with Crippen molar-refractivity contribution >= 4 is 53.0 Å². The lowest BCUT2D eigenvalue weighted by Crippen LogP contribution is -2.40. The second-order valence-corrected chi connectivity index (χ2v) is 10.8. The number of amides is 1. The second kappa shape index (κ2) is 13.1. The third-order valence-electron chi connectivity index (χ3n) is 7.06. The fraction of sp³-hybridized carbons (Fsp3) is 0.367. The topological polar surface area (TPSA) is 91.8 Å². The van der Waals surface area contributed by atoms with Gasteiger partial charge in [-0.05, 0) is 68.9 Å². The largest absolute Gasteiger partial charge is 0.497 e. The number of hydrogen-bond acceptors (Lipinski definition) is 9. The van der Waals surface area contributed by atoms with E-state index in [0.717, 1.165) is 52.9 Å². The fourth-order valence-corrected chi connectivity index (χ4v) is 5.48. The maximum atomic E-state index is 13.0. The highest BCUT2D eigenvalue weighted by Crippen LogP contribution is 2.31. The Labute approximate surface area is 239 Å². The Hall–Kier alpha value is -3.76. The molecule has 10 heteroatoms. The summed E-state index contributed by atoms with van der Waals surface area (Å²) in [4.78, 5) is 27.7. The van der Waals surface area contributed by atoms with E-state index in [4.69, 9.17) is 19.4 Å². The lowest BCUT2D eigenvalue weighted by atomic mass is 10.1. The van der Waals surface area contributed by atoms with Crippen molar-refractivity contribution in [3.63, 3.8) is 0 Å². The number of fused-ring (bicyclic) bond motifs is 1. The molecule has 1 aliphatic heterocycles. The molecule has 2 N–H and O–H groups in total. The first kappa shape index (κ1) is 27.8. The Bertz CT molecular complexity index is 1450. The molecule has 2 heterocycles. The zero-order chi connectivity index (χ0) is 27.9. The van der Waals surface area contributed by atoms with Gasteiger partial charge in [-0.15, -0.1) is 0 Å². The number of anilines is 4. The number of carbonyl (C=O) groups excluding carboxylic acids is 1. The van der Waals surface area contributed by atoms with Gasteiger partial charge in [0.25, 0.3) is 0 Å². The summed E-state index contributed by atoms with van der Waals surface area (Å²) < 4.78 is 14.3. The van der Waals surface area contributed by atoms with Gasteiger partial charge in [0.2, 0.25) is 5.91 Å². The van der Waals surface area contributed by atoms with Crippen LogP contribution in [0.2, 0.25) is 0 Å². The second-order valence-electron chi connectivity index (χ2n) is 9.89. The van der Waals surface area contributed by atoms with Gasteiger partial charge >= 0.3 is 0 Å². The Balaban J connectivity index is 1.35. The van der Waals surface area contributed by atoms with Crippen LogP contribution in [0.3, 0.4) is 0 Å².